The maximum absolute atomic E-state index is 12.6. The number of imidazole rings is 1. The standard InChI is InChI=1S/C20H21N3O2/c1-3-19(15-6-10-18(25-2)11-7-15)22-20(24)16-4-8-17(9-5-16)23-13-12-21-14-23/h4-14,19H,3H2,1-2H3,(H,22,24). The first kappa shape index (κ1) is 16.8. The molecule has 0 fully saturated rings. The van der Waals surface area contributed by atoms with Crippen LogP contribution in [0.5, 0.6) is 5.75 Å². The smallest absolute Gasteiger partial charge is 0.251 e. The zero-order chi connectivity index (χ0) is 17.6. The van der Waals surface area contributed by atoms with Crippen LogP contribution in [0.4, 0.5) is 0 Å². The molecular weight excluding hydrogens is 314 g/mol. The SMILES string of the molecule is CCC(NC(=O)c1ccc(-n2ccnc2)cc1)c1ccc(OC)cc1. The van der Waals surface area contributed by atoms with Gasteiger partial charge in [0.2, 0.25) is 0 Å². The largest absolute Gasteiger partial charge is 0.497 e. The summed E-state index contributed by atoms with van der Waals surface area (Å²) < 4.78 is 7.08. The maximum Gasteiger partial charge on any atom is 0.251 e. The van der Waals surface area contributed by atoms with Gasteiger partial charge < -0.3 is 14.6 Å². The number of rotatable bonds is 6. The molecule has 0 aliphatic heterocycles. The number of amides is 1. The molecule has 5 nitrogen and oxygen atoms in total. The van der Waals surface area contributed by atoms with Gasteiger partial charge in [-0.3, -0.25) is 4.79 Å². The normalized spacial score (nSPS) is 11.8. The van der Waals surface area contributed by atoms with E-state index in [1.807, 2.05) is 59.3 Å². The zero-order valence-corrected chi connectivity index (χ0v) is 14.3. The fraction of sp³-hybridized carbons (Fsp3) is 0.200. The number of aromatic nitrogens is 2. The Bertz CT molecular complexity index is 809. The summed E-state index contributed by atoms with van der Waals surface area (Å²) in [6.45, 7) is 2.05. The minimum Gasteiger partial charge on any atom is -0.497 e. The monoisotopic (exact) mass is 335 g/mol. The van der Waals surface area contributed by atoms with Gasteiger partial charge >= 0.3 is 0 Å². The van der Waals surface area contributed by atoms with E-state index in [1.165, 1.54) is 0 Å². The Morgan fingerprint density at radius 2 is 1.88 bits per heavy atom. The number of carbonyl (C=O) groups is 1. The fourth-order valence-corrected chi connectivity index (χ4v) is 2.70. The molecule has 128 valence electrons. The summed E-state index contributed by atoms with van der Waals surface area (Å²) >= 11 is 0. The van der Waals surface area contributed by atoms with Gasteiger partial charge in [-0.25, -0.2) is 4.98 Å². The Morgan fingerprint density at radius 1 is 1.16 bits per heavy atom. The van der Waals surface area contributed by atoms with Gasteiger partial charge in [-0.1, -0.05) is 19.1 Å². The summed E-state index contributed by atoms with van der Waals surface area (Å²) in [5.74, 6) is 0.722. The van der Waals surface area contributed by atoms with Crippen molar-refractivity contribution in [2.75, 3.05) is 7.11 Å². The highest BCUT2D eigenvalue weighted by Crippen LogP contribution is 2.21. The van der Waals surface area contributed by atoms with Gasteiger partial charge in [0.1, 0.15) is 5.75 Å². The van der Waals surface area contributed by atoms with Crippen LogP contribution in [-0.4, -0.2) is 22.6 Å². The van der Waals surface area contributed by atoms with Crippen LogP contribution in [-0.2, 0) is 0 Å². The second-order valence-corrected chi connectivity index (χ2v) is 5.72. The molecule has 1 N–H and O–H groups in total. The molecule has 3 aromatic rings. The first-order chi connectivity index (χ1) is 12.2. The third-order valence-corrected chi connectivity index (χ3v) is 4.16. The second kappa shape index (κ2) is 7.66. The Labute approximate surface area is 147 Å². The molecule has 3 rings (SSSR count). The summed E-state index contributed by atoms with van der Waals surface area (Å²) in [5.41, 5.74) is 2.67. The molecule has 0 spiro atoms. The second-order valence-electron chi connectivity index (χ2n) is 5.72. The van der Waals surface area contributed by atoms with Crippen molar-refractivity contribution in [3.8, 4) is 11.4 Å². The van der Waals surface area contributed by atoms with Crippen molar-refractivity contribution < 1.29 is 9.53 Å². The van der Waals surface area contributed by atoms with E-state index in [0.29, 0.717) is 5.56 Å². The molecule has 0 radical (unpaired) electrons. The molecule has 0 aliphatic carbocycles. The van der Waals surface area contributed by atoms with E-state index in [2.05, 4.69) is 17.2 Å². The number of hydrogen-bond donors (Lipinski definition) is 1. The van der Waals surface area contributed by atoms with Crippen molar-refractivity contribution in [2.24, 2.45) is 0 Å². The maximum atomic E-state index is 12.6. The lowest BCUT2D eigenvalue weighted by Gasteiger charge is -2.18. The van der Waals surface area contributed by atoms with E-state index in [1.54, 1.807) is 19.6 Å². The highest BCUT2D eigenvalue weighted by atomic mass is 16.5. The summed E-state index contributed by atoms with van der Waals surface area (Å²) in [5, 5.41) is 3.09. The van der Waals surface area contributed by atoms with Crippen LogP contribution in [0.3, 0.4) is 0 Å². The van der Waals surface area contributed by atoms with Gasteiger partial charge in [-0.15, -0.1) is 0 Å². The van der Waals surface area contributed by atoms with E-state index >= 15 is 0 Å². The van der Waals surface area contributed by atoms with Crippen LogP contribution < -0.4 is 10.1 Å². The molecule has 1 atom stereocenters. The summed E-state index contributed by atoms with van der Waals surface area (Å²) in [7, 11) is 1.64. The summed E-state index contributed by atoms with van der Waals surface area (Å²) in [6.07, 6.45) is 6.13. The molecule has 25 heavy (non-hydrogen) atoms. The van der Waals surface area contributed by atoms with Crippen LogP contribution in [0.1, 0.15) is 35.3 Å². The van der Waals surface area contributed by atoms with Crippen LogP contribution in [0.2, 0.25) is 0 Å². The van der Waals surface area contributed by atoms with Gasteiger partial charge in [-0.05, 0) is 48.4 Å². The topological polar surface area (TPSA) is 56.2 Å². The Kier molecular flexibility index (Phi) is 5.14. The molecule has 1 amide bonds. The van der Waals surface area contributed by atoms with Crippen molar-refractivity contribution in [2.45, 2.75) is 19.4 Å². The van der Waals surface area contributed by atoms with Gasteiger partial charge in [-0.2, -0.15) is 0 Å². The summed E-state index contributed by atoms with van der Waals surface area (Å²) in [4.78, 5) is 16.6. The van der Waals surface area contributed by atoms with Gasteiger partial charge in [0, 0.05) is 23.6 Å². The number of methoxy groups -OCH3 is 1. The number of carbonyl (C=O) groups excluding carboxylic acids is 1. The molecule has 0 aliphatic rings. The predicted molar refractivity (Wildman–Crippen MR) is 97.1 cm³/mol. The van der Waals surface area contributed by atoms with Crippen molar-refractivity contribution in [1.82, 2.24) is 14.9 Å². The molecule has 0 saturated carbocycles. The van der Waals surface area contributed by atoms with Crippen LogP contribution >= 0.6 is 0 Å². The third-order valence-electron chi connectivity index (χ3n) is 4.16. The average molecular weight is 335 g/mol. The van der Waals surface area contributed by atoms with E-state index in [4.69, 9.17) is 4.74 Å². The number of hydrogen-bond acceptors (Lipinski definition) is 3. The lowest BCUT2D eigenvalue weighted by atomic mass is 10.0. The van der Waals surface area contributed by atoms with Crippen molar-refractivity contribution in [3.05, 3.63) is 78.4 Å². The van der Waals surface area contributed by atoms with Crippen LogP contribution in [0, 0.1) is 0 Å². The Balaban J connectivity index is 1.71. The van der Waals surface area contributed by atoms with Crippen LogP contribution in [0.25, 0.3) is 5.69 Å². The predicted octanol–water partition coefficient (Wildman–Crippen LogP) is 3.76. The number of nitrogens with zero attached hydrogens (tertiary/aromatic N) is 2. The molecule has 2 aromatic carbocycles. The number of ether oxygens (including phenoxy) is 1. The Hall–Kier alpha value is -3.08. The van der Waals surface area contributed by atoms with Gasteiger partial charge in [0.15, 0.2) is 0 Å². The highest BCUT2D eigenvalue weighted by Gasteiger charge is 2.14. The minimum absolute atomic E-state index is 0.0354. The first-order valence-electron chi connectivity index (χ1n) is 8.24. The lowest BCUT2D eigenvalue weighted by Crippen LogP contribution is -2.28. The average Bonchev–Trinajstić information content (AvgIpc) is 3.21. The van der Waals surface area contributed by atoms with Crippen molar-refractivity contribution in [3.63, 3.8) is 0 Å². The quantitative estimate of drug-likeness (QED) is 0.746. The van der Waals surface area contributed by atoms with Gasteiger partial charge in [0.25, 0.3) is 5.91 Å². The van der Waals surface area contributed by atoms with Gasteiger partial charge in [0.05, 0.1) is 19.5 Å². The van der Waals surface area contributed by atoms with E-state index in [-0.39, 0.29) is 11.9 Å². The molecule has 1 aromatic heterocycles. The first-order valence-corrected chi connectivity index (χ1v) is 8.24. The zero-order valence-electron chi connectivity index (χ0n) is 14.3. The number of nitrogens with one attached hydrogen (secondary N) is 1. The van der Waals surface area contributed by atoms with E-state index in [0.717, 1.165) is 23.4 Å². The molecule has 0 bridgehead atoms. The number of benzene rings is 2. The molecular formula is C20H21N3O2. The van der Waals surface area contributed by atoms with Crippen molar-refractivity contribution >= 4 is 5.91 Å². The third kappa shape index (κ3) is 3.88. The highest BCUT2D eigenvalue weighted by molar-refractivity contribution is 5.94. The van der Waals surface area contributed by atoms with Crippen LogP contribution in [0.15, 0.2) is 67.3 Å². The van der Waals surface area contributed by atoms with E-state index < -0.39 is 0 Å². The molecule has 1 unspecified atom stereocenters. The van der Waals surface area contributed by atoms with E-state index in [9.17, 15) is 4.79 Å². The Morgan fingerprint density at radius 3 is 2.44 bits per heavy atom. The minimum atomic E-state index is -0.0835. The molecule has 1 heterocycles. The molecule has 5 heteroatoms. The lowest BCUT2D eigenvalue weighted by molar-refractivity contribution is 0.0935. The summed E-state index contributed by atoms with van der Waals surface area (Å²) in [6, 6.07) is 15.2. The molecule has 0 saturated heterocycles. The fourth-order valence-electron chi connectivity index (χ4n) is 2.70. The van der Waals surface area contributed by atoms with Crippen molar-refractivity contribution in [1.29, 1.82) is 0 Å².